The van der Waals surface area contributed by atoms with Gasteiger partial charge in [-0.15, -0.1) is 0 Å². The fourth-order valence-electron chi connectivity index (χ4n) is 2.53. The van der Waals surface area contributed by atoms with Gasteiger partial charge in [0.25, 0.3) is 0 Å². The van der Waals surface area contributed by atoms with E-state index in [1.54, 1.807) is 6.92 Å². The summed E-state index contributed by atoms with van der Waals surface area (Å²) in [5.74, 6) is -1.37. The number of halogens is 4. The van der Waals surface area contributed by atoms with E-state index in [-0.39, 0.29) is 21.5 Å². The van der Waals surface area contributed by atoms with Gasteiger partial charge in [-0.05, 0) is 36.7 Å². The molecule has 2 heterocycles. The Morgan fingerprint density at radius 1 is 1.26 bits per heavy atom. The van der Waals surface area contributed by atoms with E-state index in [1.807, 2.05) is 0 Å². The second kappa shape index (κ2) is 7.33. The lowest BCUT2D eigenvalue weighted by atomic mass is 10.2. The van der Waals surface area contributed by atoms with E-state index in [1.165, 1.54) is 32.7 Å². The van der Waals surface area contributed by atoms with Crippen LogP contribution in [0.2, 0.25) is 0 Å². The topological polar surface area (TPSA) is 91.0 Å². The Balaban J connectivity index is 2.37. The molecule has 2 aromatic rings. The first-order chi connectivity index (χ1) is 12.4. The SMILES string of the molecule is COC(=O)c1c(NC(=O)C(C)n2nc(C(F)(F)F)c(Br)c2C)c(C)nn1C. The molecule has 27 heavy (non-hydrogen) atoms. The van der Waals surface area contributed by atoms with Crippen LogP contribution in [0.25, 0.3) is 0 Å². The number of alkyl halides is 3. The van der Waals surface area contributed by atoms with Crippen LogP contribution in [-0.2, 0) is 22.8 Å². The van der Waals surface area contributed by atoms with Gasteiger partial charge in [0.05, 0.1) is 28.7 Å². The molecule has 1 N–H and O–H groups in total. The van der Waals surface area contributed by atoms with E-state index in [4.69, 9.17) is 0 Å². The van der Waals surface area contributed by atoms with Crippen molar-refractivity contribution in [1.82, 2.24) is 19.6 Å². The minimum Gasteiger partial charge on any atom is -0.464 e. The van der Waals surface area contributed by atoms with Crippen LogP contribution < -0.4 is 5.32 Å². The van der Waals surface area contributed by atoms with E-state index >= 15 is 0 Å². The number of ether oxygens (including phenoxy) is 1. The molecule has 1 atom stereocenters. The number of amides is 1. The molecular formula is C15H17BrF3N5O3. The molecule has 2 aromatic heterocycles. The van der Waals surface area contributed by atoms with Gasteiger partial charge in [0.15, 0.2) is 11.4 Å². The summed E-state index contributed by atoms with van der Waals surface area (Å²) in [4.78, 5) is 24.5. The van der Waals surface area contributed by atoms with Crippen LogP contribution in [0.4, 0.5) is 18.9 Å². The fraction of sp³-hybridized carbons (Fsp3) is 0.467. The van der Waals surface area contributed by atoms with Gasteiger partial charge in [-0.3, -0.25) is 14.2 Å². The second-order valence-electron chi connectivity index (χ2n) is 5.78. The van der Waals surface area contributed by atoms with Crippen molar-refractivity contribution in [3.63, 3.8) is 0 Å². The molecule has 0 aliphatic rings. The number of carbonyl (C=O) groups is 2. The molecular weight excluding hydrogens is 435 g/mol. The first kappa shape index (κ1) is 20.9. The third kappa shape index (κ3) is 3.84. The summed E-state index contributed by atoms with van der Waals surface area (Å²) in [6.07, 6.45) is -4.66. The maximum atomic E-state index is 13.0. The first-order valence-electron chi connectivity index (χ1n) is 7.64. The monoisotopic (exact) mass is 451 g/mol. The number of aryl methyl sites for hydroxylation is 2. The van der Waals surface area contributed by atoms with Crippen LogP contribution in [0.5, 0.6) is 0 Å². The van der Waals surface area contributed by atoms with E-state index < -0.39 is 29.8 Å². The lowest BCUT2D eigenvalue weighted by Gasteiger charge is -2.15. The average Bonchev–Trinajstić information content (AvgIpc) is 3.02. The number of carbonyl (C=O) groups excluding carboxylic acids is 2. The summed E-state index contributed by atoms with van der Waals surface area (Å²) >= 11 is 2.87. The summed E-state index contributed by atoms with van der Waals surface area (Å²) in [6, 6.07) is -1.08. The van der Waals surface area contributed by atoms with Crippen molar-refractivity contribution < 1.29 is 27.5 Å². The molecule has 2 rings (SSSR count). The van der Waals surface area contributed by atoms with Gasteiger partial charge in [-0.1, -0.05) is 0 Å². The Morgan fingerprint density at radius 2 is 1.85 bits per heavy atom. The van der Waals surface area contributed by atoms with Crippen molar-refractivity contribution in [1.29, 1.82) is 0 Å². The summed E-state index contributed by atoms with van der Waals surface area (Å²) in [5.41, 5.74) is -0.479. The van der Waals surface area contributed by atoms with E-state index in [2.05, 4.69) is 36.2 Å². The first-order valence-corrected chi connectivity index (χ1v) is 8.44. The van der Waals surface area contributed by atoms with Crippen LogP contribution in [0.3, 0.4) is 0 Å². The third-order valence-electron chi connectivity index (χ3n) is 3.94. The van der Waals surface area contributed by atoms with Crippen LogP contribution in [0, 0.1) is 13.8 Å². The lowest BCUT2D eigenvalue weighted by Crippen LogP contribution is -2.26. The molecule has 12 heteroatoms. The Labute approximate surface area is 160 Å². The van der Waals surface area contributed by atoms with Crippen LogP contribution in [0.1, 0.15) is 40.5 Å². The average molecular weight is 452 g/mol. The third-order valence-corrected chi connectivity index (χ3v) is 4.89. The van der Waals surface area contributed by atoms with E-state index in [0.29, 0.717) is 5.69 Å². The molecule has 8 nitrogen and oxygen atoms in total. The van der Waals surface area contributed by atoms with Gasteiger partial charge in [0.1, 0.15) is 6.04 Å². The van der Waals surface area contributed by atoms with Crippen molar-refractivity contribution in [2.75, 3.05) is 12.4 Å². The van der Waals surface area contributed by atoms with Crippen LogP contribution >= 0.6 is 15.9 Å². The molecule has 0 aliphatic heterocycles. The molecule has 148 valence electrons. The Morgan fingerprint density at radius 3 is 2.33 bits per heavy atom. The molecule has 0 bridgehead atoms. The standard InChI is InChI=1S/C15H17BrF3N5O3/c1-6-10(11(14(26)27-5)23(4)21-6)20-13(25)8(3)24-7(2)9(16)12(22-24)15(17,18)19/h8H,1-5H3,(H,20,25). The fourth-order valence-corrected chi connectivity index (χ4v) is 3.02. The number of rotatable bonds is 4. The molecule has 0 spiro atoms. The maximum absolute atomic E-state index is 13.0. The van der Waals surface area contributed by atoms with Crippen molar-refractivity contribution in [2.45, 2.75) is 33.0 Å². The Kier molecular flexibility index (Phi) is 5.68. The van der Waals surface area contributed by atoms with Gasteiger partial charge in [-0.25, -0.2) is 4.79 Å². The number of nitrogens with zero attached hydrogens (tertiary/aromatic N) is 4. The second-order valence-corrected chi connectivity index (χ2v) is 6.57. The number of anilines is 1. The lowest BCUT2D eigenvalue weighted by molar-refractivity contribution is -0.142. The zero-order chi connectivity index (χ0) is 20.7. The number of methoxy groups -OCH3 is 1. The number of hydrogen-bond donors (Lipinski definition) is 1. The maximum Gasteiger partial charge on any atom is 0.436 e. The Hall–Kier alpha value is -2.37. The molecule has 1 amide bonds. The van der Waals surface area contributed by atoms with Crippen LogP contribution in [-0.4, -0.2) is 38.5 Å². The largest absolute Gasteiger partial charge is 0.464 e. The van der Waals surface area contributed by atoms with Gasteiger partial charge in [0.2, 0.25) is 5.91 Å². The highest BCUT2D eigenvalue weighted by molar-refractivity contribution is 9.10. The van der Waals surface area contributed by atoms with Crippen molar-refractivity contribution in [3.05, 3.63) is 27.2 Å². The summed E-state index contributed by atoms with van der Waals surface area (Å²) in [7, 11) is 2.69. The van der Waals surface area contributed by atoms with E-state index in [0.717, 1.165) is 4.68 Å². The highest BCUT2D eigenvalue weighted by atomic mass is 79.9. The Bertz CT molecular complexity index is 904. The van der Waals surface area contributed by atoms with Gasteiger partial charge in [0, 0.05) is 7.05 Å². The molecule has 0 saturated heterocycles. The smallest absolute Gasteiger partial charge is 0.436 e. The number of hydrogen-bond acceptors (Lipinski definition) is 5. The molecule has 0 aromatic carbocycles. The van der Waals surface area contributed by atoms with E-state index in [9.17, 15) is 22.8 Å². The summed E-state index contributed by atoms with van der Waals surface area (Å²) < 4.78 is 45.7. The number of aromatic nitrogens is 4. The zero-order valence-electron chi connectivity index (χ0n) is 15.1. The van der Waals surface area contributed by atoms with Gasteiger partial charge in [-0.2, -0.15) is 23.4 Å². The number of nitrogens with one attached hydrogen (secondary N) is 1. The normalized spacial score (nSPS) is 12.8. The molecule has 1 unspecified atom stereocenters. The van der Waals surface area contributed by atoms with Crippen molar-refractivity contribution in [3.8, 4) is 0 Å². The highest BCUT2D eigenvalue weighted by Gasteiger charge is 2.39. The predicted octanol–water partition coefficient (Wildman–Crippen LogP) is 3.00. The highest BCUT2D eigenvalue weighted by Crippen LogP contribution is 2.36. The van der Waals surface area contributed by atoms with Crippen molar-refractivity contribution in [2.24, 2.45) is 7.05 Å². The summed E-state index contributed by atoms with van der Waals surface area (Å²) in [6.45, 7) is 4.38. The van der Waals surface area contributed by atoms with Crippen LogP contribution in [0.15, 0.2) is 4.47 Å². The zero-order valence-corrected chi connectivity index (χ0v) is 16.7. The predicted molar refractivity (Wildman–Crippen MR) is 92.3 cm³/mol. The number of esters is 1. The minimum absolute atomic E-state index is 0.0184. The van der Waals surface area contributed by atoms with Crippen molar-refractivity contribution >= 4 is 33.5 Å². The molecule has 0 fully saturated rings. The quantitative estimate of drug-likeness (QED) is 0.721. The van der Waals surface area contributed by atoms with Gasteiger partial charge < -0.3 is 10.1 Å². The molecule has 0 aliphatic carbocycles. The minimum atomic E-state index is -4.66. The van der Waals surface area contributed by atoms with Gasteiger partial charge >= 0.3 is 12.1 Å². The molecule has 0 radical (unpaired) electrons. The molecule has 0 saturated carbocycles. The summed E-state index contributed by atoms with van der Waals surface area (Å²) in [5, 5.41) is 10.1.